The molecular formula is C16H18O3SSe. The SMILES string of the molecule is C[C@H](O)[C@](C)([Se]c1ccccc1)S(=O)(=O)c1ccccc1. The minimum absolute atomic E-state index is 0.256. The zero-order valence-electron chi connectivity index (χ0n) is 11.9. The summed E-state index contributed by atoms with van der Waals surface area (Å²) in [5, 5.41) is 10.2. The second-order valence-electron chi connectivity index (χ2n) is 4.92. The fraction of sp³-hybridized carbons (Fsp3) is 0.250. The Morgan fingerprint density at radius 2 is 1.48 bits per heavy atom. The molecule has 0 radical (unpaired) electrons. The van der Waals surface area contributed by atoms with Crippen LogP contribution in [0.3, 0.4) is 0 Å². The van der Waals surface area contributed by atoms with Gasteiger partial charge < -0.3 is 0 Å². The number of hydrogen-bond donors (Lipinski definition) is 1. The Labute approximate surface area is 132 Å². The van der Waals surface area contributed by atoms with Gasteiger partial charge in [-0.15, -0.1) is 0 Å². The van der Waals surface area contributed by atoms with Gasteiger partial charge in [-0.3, -0.25) is 0 Å². The van der Waals surface area contributed by atoms with E-state index in [1.807, 2.05) is 30.3 Å². The van der Waals surface area contributed by atoms with E-state index in [4.69, 9.17) is 0 Å². The number of rotatable bonds is 5. The van der Waals surface area contributed by atoms with Crippen LogP contribution in [-0.4, -0.2) is 38.2 Å². The minimum atomic E-state index is -3.62. The van der Waals surface area contributed by atoms with E-state index < -0.39 is 34.5 Å². The predicted octanol–water partition coefficient (Wildman–Crippen LogP) is 1.59. The van der Waals surface area contributed by atoms with Gasteiger partial charge in [-0.1, -0.05) is 0 Å². The van der Waals surface area contributed by atoms with Gasteiger partial charge in [0.2, 0.25) is 0 Å². The summed E-state index contributed by atoms with van der Waals surface area (Å²) in [7, 11) is -3.62. The molecule has 0 unspecified atom stereocenters. The summed E-state index contributed by atoms with van der Waals surface area (Å²) in [6, 6.07) is 17.8. The van der Waals surface area contributed by atoms with Crippen LogP contribution in [0.4, 0.5) is 0 Å². The fourth-order valence-corrected chi connectivity index (χ4v) is 7.21. The first-order valence-corrected chi connectivity index (χ1v) is 9.79. The molecule has 0 heterocycles. The zero-order chi connectivity index (χ0) is 15.5. The molecule has 2 aromatic carbocycles. The Morgan fingerprint density at radius 1 is 1.00 bits per heavy atom. The summed E-state index contributed by atoms with van der Waals surface area (Å²) in [5.74, 6) is 0. The third-order valence-electron chi connectivity index (χ3n) is 3.41. The average molecular weight is 369 g/mol. The van der Waals surface area contributed by atoms with Crippen molar-refractivity contribution in [2.45, 2.75) is 28.5 Å². The van der Waals surface area contributed by atoms with Gasteiger partial charge >= 0.3 is 132 Å². The molecule has 0 saturated carbocycles. The Bertz CT molecular complexity index is 684. The molecule has 5 heteroatoms. The number of aliphatic hydroxyl groups excluding tert-OH is 1. The molecule has 0 aliphatic heterocycles. The number of aliphatic hydroxyl groups is 1. The monoisotopic (exact) mass is 370 g/mol. The third-order valence-corrected chi connectivity index (χ3v) is 10.2. The molecule has 0 aliphatic carbocycles. The van der Waals surface area contributed by atoms with Crippen molar-refractivity contribution >= 4 is 29.3 Å². The molecule has 3 nitrogen and oxygen atoms in total. The van der Waals surface area contributed by atoms with Crippen LogP contribution in [0.2, 0.25) is 0 Å². The zero-order valence-corrected chi connectivity index (χ0v) is 14.5. The first-order chi connectivity index (χ1) is 9.88. The van der Waals surface area contributed by atoms with E-state index in [9.17, 15) is 13.5 Å². The van der Waals surface area contributed by atoms with Gasteiger partial charge in [-0.2, -0.15) is 0 Å². The predicted molar refractivity (Wildman–Crippen MR) is 85.5 cm³/mol. The second-order valence-corrected chi connectivity index (χ2v) is 11.0. The third kappa shape index (κ3) is 3.21. The van der Waals surface area contributed by atoms with Crippen LogP contribution in [0.1, 0.15) is 13.8 Å². The van der Waals surface area contributed by atoms with E-state index in [2.05, 4.69) is 0 Å². The first kappa shape index (κ1) is 16.2. The van der Waals surface area contributed by atoms with Crippen LogP contribution in [0, 0.1) is 0 Å². The molecule has 0 bridgehead atoms. The maximum atomic E-state index is 13.0. The Kier molecular flexibility index (Phi) is 4.89. The quantitative estimate of drug-likeness (QED) is 0.815. The van der Waals surface area contributed by atoms with Gasteiger partial charge in [0.1, 0.15) is 0 Å². The van der Waals surface area contributed by atoms with Gasteiger partial charge in [-0.05, 0) is 0 Å². The molecule has 0 fully saturated rings. The molecule has 0 aromatic heterocycles. The second kappa shape index (κ2) is 6.32. The maximum absolute atomic E-state index is 13.0. The van der Waals surface area contributed by atoms with E-state index >= 15 is 0 Å². The van der Waals surface area contributed by atoms with Crippen LogP contribution in [0.25, 0.3) is 0 Å². The fourth-order valence-electron chi connectivity index (χ4n) is 1.92. The molecule has 0 aliphatic rings. The van der Waals surface area contributed by atoms with E-state index in [0.29, 0.717) is 0 Å². The van der Waals surface area contributed by atoms with Crippen LogP contribution in [0.5, 0.6) is 0 Å². The van der Waals surface area contributed by atoms with Gasteiger partial charge in [-0.25, -0.2) is 0 Å². The molecule has 1 N–H and O–H groups in total. The summed E-state index contributed by atoms with van der Waals surface area (Å²) >= 11 is -0.406. The van der Waals surface area contributed by atoms with Crippen molar-refractivity contribution < 1.29 is 13.5 Å². The van der Waals surface area contributed by atoms with Gasteiger partial charge in [0.15, 0.2) is 0 Å². The molecule has 0 saturated heterocycles. The molecular weight excluding hydrogens is 351 g/mol. The van der Waals surface area contributed by atoms with Crippen molar-refractivity contribution in [1.82, 2.24) is 0 Å². The average Bonchev–Trinajstić information content (AvgIpc) is 2.48. The Balaban J connectivity index is 2.48. The van der Waals surface area contributed by atoms with E-state index in [1.165, 1.54) is 0 Å². The van der Waals surface area contributed by atoms with E-state index in [0.717, 1.165) is 4.46 Å². The molecule has 2 rings (SSSR count). The summed E-state index contributed by atoms with van der Waals surface area (Å²) in [4.78, 5) is 0.256. The van der Waals surface area contributed by atoms with Crippen molar-refractivity contribution in [3.05, 3.63) is 60.7 Å². The standard InChI is InChI=1S/C16H18O3SSe/c1-13(17)16(2,21-15-11-7-4-8-12-15)20(18,19)14-9-5-3-6-10-14/h3-13,17H,1-2H3/t13-,16-/m0/s1. The van der Waals surface area contributed by atoms with Crippen molar-refractivity contribution in [2.24, 2.45) is 0 Å². The molecule has 2 aromatic rings. The molecule has 0 amide bonds. The van der Waals surface area contributed by atoms with E-state index in [-0.39, 0.29) is 4.90 Å². The van der Waals surface area contributed by atoms with Gasteiger partial charge in [0.05, 0.1) is 0 Å². The number of hydrogen-bond acceptors (Lipinski definition) is 3. The molecule has 112 valence electrons. The van der Waals surface area contributed by atoms with Gasteiger partial charge in [0.25, 0.3) is 0 Å². The van der Waals surface area contributed by atoms with Crippen LogP contribution in [0.15, 0.2) is 65.6 Å². The van der Waals surface area contributed by atoms with Crippen LogP contribution < -0.4 is 4.46 Å². The normalized spacial score (nSPS) is 16.1. The summed E-state index contributed by atoms with van der Waals surface area (Å²) in [6.07, 6.45) is -0.956. The van der Waals surface area contributed by atoms with Crippen LogP contribution in [-0.2, 0) is 9.84 Å². The van der Waals surface area contributed by atoms with Crippen molar-refractivity contribution in [1.29, 1.82) is 0 Å². The van der Waals surface area contributed by atoms with Crippen molar-refractivity contribution in [3.63, 3.8) is 0 Å². The topological polar surface area (TPSA) is 54.4 Å². The molecule has 2 atom stereocenters. The summed E-state index contributed by atoms with van der Waals surface area (Å²) < 4.78 is 25.7. The Hall–Kier alpha value is -1.13. The number of benzene rings is 2. The van der Waals surface area contributed by atoms with Crippen molar-refractivity contribution in [2.75, 3.05) is 0 Å². The summed E-state index contributed by atoms with van der Waals surface area (Å²) in [5.41, 5.74) is 0. The van der Waals surface area contributed by atoms with Gasteiger partial charge in [0, 0.05) is 0 Å². The molecule has 21 heavy (non-hydrogen) atoms. The van der Waals surface area contributed by atoms with Crippen LogP contribution >= 0.6 is 0 Å². The number of sulfone groups is 1. The first-order valence-electron chi connectivity index (χ1n) is 6.60. The van der Waals surface area contributed by atoms with E-state index in [1.54, 1.807) is 44.2 Å². The summed E-state index contributed by atoms with van der Waals surface area (Å²) in [6.45, 7) is 3.18. The molecule has 0 spiro atoms. The Morgan fingerprint density at radius 3 is 1.95 bits per heavy atom. The van der Waals surface area contributed by atoms with Crippen molar-refractivity contribution in [3.8, 4) is 0 Å².